The maximum absolute atomic E-state index is 12.4. The lowest BCUT2D eigenvalue weighted by molar-refractivity contribution is -0.140. The topological polar surface area (TPSA) is 41.6 Å². The Balaban J connectivity index is 1.50. The molecule has 0 spiro atoms. The van der Waals surface area contributed by atoms with Crippen LogP contribution in [0.2, 0.25) is 0 Å². The molecule has 0 radical (unpaired) electrons. The maximum Gasteiger partial charge on any atom is 0.223 e. The van der Waals surface area contributed by atoms with Crippen LogP contribution in [0.1, 0.15) is 45.4 Å². The molecule has 3 rings (SSSR count). The van der Waals surface area contributed by atoms with Gasteiger partial charge in [0.25, 0.3) is 0 Å². The van der Waals surface area contributed by atoms with E-state index in [0.29, 0.717) is 30.5 Å². The monoisotopic (exact) mass is 266 g/mol. The number of nitrogens with one attached hydrogen (secondary N) is 1. The van der Waals surface area contributed by atoms with E-state index in [9.17, 15) is 4.79 Å². The third-order valence-corrected chi connectivity index (χ3v) is 4.98. The van der Waals surface area contributed by atoms with Crippen molar-refractivity contribution in [3.63, 3.8) is 0 Å². The summed E-state index contributed by atoms with van der Waals surface area (Å²) in [4.78, 5) is 14.4. The Kier molecular flexibility index (Phi) is 4.08. The minimum absolute atomic E-state index is 0.252. The first kappa shape index (κ1) is 13.4. The average molecular weight is 266 g/mol. The Labute approximate surface area is 115 Å². The summed E-state index contributed by atoms with van der Waals surface area (Å²) < 4.78 is 5.64. The highest BCUT2D eigenvalue weighted by Gasteiger charge is 2.35. The smallest absolute Gasteiger partial charge is 0.223 e. The van der Waals surface area contributed by atoms with Crippen molar-refractivity contribution in [1.82, 2.24) is 10.2 Å². The molecule has 0 aromatic rings. The predicted octanol–water partition coefficient (Wildman–Crippen LogP) is 1.54. The van der Waals surface area contributed by atoms with Gasteiger partial charge in [0.15, 0.2) is 0 Å². The van der Waals surface area contributed by atoms with Gasteiger partial charge in [-0.2, -0.15) is 0 Å². The second-order valence-corrected chi connectivity index (χ2v) is 6.42. The van der Waals surface area contributed by atoms with E-state index >= 15 is 0 Å². The molecule has 3 aliphatic rings. The van der Waals surface area contributed by atoms with E-state index in [-0.39, 0.29) is 6.10 Å². The van der Waals surface area contributed by atoms with Crippen molar-refractivity contribution in [3.05, 3.63) is 0 Å². The fourth-order valence-corrected chi connectivity index (χ4v) is 3.91. The molecule has 3 saturated heterocycles. The summed E-state index contributed by atoms with van der Waals surface area (Å²) in [5.74, 6) is 0.960. The summed E-state index contributed by atoms with van der Waals surface area (Å²) in [6.07, 6.45) is 7.03. The van der Waals surface area contributed by atoms with Crippen LogP contribution in [0.15, 0.2) is 0 Å². The number of piperidine rings is 1. The standard InChI is InChI=1S/C15H26N2O2/c1-2-14-10-17(5-6-19-14)15(18)9-11-7-12-3-4-13(8-11)16-12/h11-14,16H,2-10H2,1H3. The van der Waals surface area contributed by atoms with Crippen LogP contribution in [0, 0.1) is 5.92 Å². The average Bonchev–Trinajstić information content (AvgIpc) is 2.78. The summed E-state index contributed by atoms with van der Waals surface area (Å²) in [7, 11) is 0. The Hall–Kier alpha value is -0.610. The molecule has 0 aromatic heterocycles. The molecule has 1 amide bonds. The highest BCUT2D eigenvalue weighted by atomic mass is 16.5. The van der Waals surface area contributed by atoms with Crippen LogP contribution in [0.25, 0.3) is 0 Å². The predicted molar refractivity (Wildman–Crippen MR) is 73.9 cm³/mol. The highest BCUT2D eigenvalue weighted by Crippen LogP contribution is 2.33. The molecule has 4 heteroatoms. The van der Waals surface area contributed by atoms with E-state index in [2.05, 4.69) is 12.2 Å². The number of rotatable bonds is 3. The van der Waals surface area contributed by atoms with Crippen LogP contribution < -0.4 is 5.32 Å². The number of carbonyl (C=O) groups excluding carboxylic acids is 1. The van der Waals surface area contributed by atoms with Gasteiger partial charge in [0.1, 0.15) is 0 Å². The van der Waals surface area contributed by atoms with Crippen LogP contribution in [-0.4, -0.2) is 48.7 Å². The van der Waals surface area contributed by atoms with Crippen LogP contribution in [0.4, 0.5) is 0 Å². The molecule has 1 N–H and O–H groups in total. The Morgan fingerprint density at radius 2 is 2.05 bits per heavy atom. The van der Waals surface area contributed by atoms with Gasteiger partial charge in [0, 0.05) is 31.6 Å². The second kappa shape index (κ2) is 5.80. The Bertz CT molecular complexity index is 322. The fraction of sp³-hybridized carbons (Fsp3) is 0.933. The van der Waals surface area contributed by atoms with Crippen LogP contribution in [0.5, 0.6) is 0 Å². The number of fused-ring (bicyclic) bond motifs is 2. The largest absolute Gasteiger partial charge is 0.375 e. The quantitative estimate of drug-likeness (QED) is 0.842. The van der Waals surface area contributed by atoms with Gasteiger partial charge in [-0.25, -0.2) is 0 Å². The number of carbonyl (C=O) groups is 1. The molecular weight excluding hydrogens is 240 g/mol. The van der Waals surface area contributed by atoms with Crippen molar-refractivity contribution in [3.8, 4) is 0 Å². The summed E-state index contributed by atoms with van der Waals surface area (Å²) in [6, 6.07) is 1.37. The second-order valence-electron chi connectivity index (χ2n) is 6.42. The number of ether oxygens (including phenoxy) is 1. The van der Waals surface area contributed by atoms with Gasteiger partial charge >= 0.3 is 0 Å². The van der Waals surface area contributed by atoms with Gasteiger partial charge in [-0.1, -0.05) is 6.92 Å². The lowest BCUT2D eigenvalue weighted by Crippen LogP contribution is -2.46. The molecule has 0 aromatic carbocycles. The molecule has 3 atom stereocenters. The lowest BCUT2D eigenvalue weighted by atomic mass is 9.89. The van der Waals surface area contributed by atoms with Crippen molar-refractivity contribution in [2.45, 2.75) is 63.6 Å². The molecular formula is C15H26N2O2. The van der Waals surface area contributed by atoms with Crippen LogP contribution in [0.3, 0.4) is 0 Å². The molecule has 3 heterocycles. The molecule has 2 bridgehead atoms. The van der Waals surface area contributed by atoms with E-state index in [1.54, 1.807) is 0 Å². The number of morpholine rings is 1. The van der Waals surface area contributed by atoms with E-state index in [1.807, 2.05) is 4.90 Å². The van der Waals surface area contributed by atoms with Gasteiger partial charge in [-0.3, -0.25) is 4.79 Å². The van der Waals surface area contributed by atoms with Crippen molar-refractivity contribution >= 4 is 5.91 Å². The maximum atomic E-state index is 12.4. The van der Waals surface area contributed by atoms with Gasteiger partial charge in [-0.05, 0) is 38.0 Å². The molecule has 108 valence electrons. The van der Waals surface area contributed by atoms with Crippen molar-refractivity contribution in [2.75, 3.05) is 19.7 Å². The van der Waals surface area contributed by atoms with Crippen molar-refractivity contribution < 1.29 is 9.53 Å². The third kappa shape index (κ3) is 3.11. The van der Waals surface area contributed by atoms with Gasteiger partial charge in [-0.15, -0.1) is 0 Å². The van der Waals surface area contributed by atoms with E-state index in [1.165, 1.54) is 25.7 Å². The number of hydrogen-bond acceptors (Lipinski definition) is 3. The minimum Gasteiger partial charge on any atom is -0.375 e. The Morgan fingerprint density at radius 1 is 1.32 bits per heavy atom. The fourth-order valence-electron chi connectivity index (χ4n) is 3.91. The van der Waals surface area contributed by atoms with E-state index in [0.717, 1.165) is 25.9 Å². The molecule has 0 aliphatic carbocycles. The first-order chi connectivity index (χ1) is 9.24. The number of nitrogens with zero attached hydrogens (tertiary/aromatic N) is 1. The van der Waals surface area contributed by atoms with E-state index < -0.39 is 0 Å². The van der Waals surface area contributed by atoms with Crippen LogP contribution >= 0.6 is 0 Å². The summed E-state index contributed by atoms with van der Waals surface area (Å²) in [5, 5.41) is 3.64. The molecule has 4 nitrogen and oxygen atoms in total. The Morgan fingerprint density at radius 3 is 2.74 bits per heavy atom. The van der Waals surface area contributed by atoms with Gasteiger partial charge in [0.2, 0.25) is 5.91 Å². The normalized spacial score (nSPS) is 38.5. The van der Waals surface area contributed by atoms with E-state index in [4.69, 9.17) is 4.74 Å². The van der Waals surface area contributed by atoms with Crippen molar-refractivity contribution in [1.29, 1.82) is 0 Å². The summed E-state index contributed by atoms with van der Waals surface area (Å²) >= 11 is 0. The molecule has 3 fully saturated rings. The highest BCUT2D eigenvalue weighted by molar-refractivity contribution is 5.76. The first-order valence-corrected chi connectivity index (χ1v) is 7.90. The summed E-state index contributed by atoms with van der Waals surface area (Å²) in [5.41, 5.74) is 0. The van der Waals surface area contributed by atoms with Gasteiger partial charge in [0.05, 0.1) is 12.7 Å². The molecule has 19 heavy (non-hydrogen) atoms. The molecule has 0 saturated carbocycles. The molecule has 3 aliphatic heterocycles. The van der Waals surface area contributed by atoms with Gasteiger partial charge < -0.3 is 15.0 Å². The third-order valence-electron chi connectivity index (χ3n) is 4.98. The summed E-state index contributed by atoms with van der Waals surface area (Å²) in [6.45, 7) is 4.42. The lowest BCUT2D eigenvalue weighted by Gasteiger charge is -2.35. The number of amides is 1. The van der Waals surface area contributed by atoms with Crippen molar-refractivity contribution in [2.24, 2.45) is 5.92 Å². The zero-order valence-electron chi connectivity index (χ0n) is 11.9. The molecule has 3 unspecified atom stereocenters. The minimum atomic E-state index is 0.252. The van der Waals surface area contributed by atoms with Crippen LogP contribution in [-0.2, 0) is 9.53 Å². The zero-order valence-corrected chi connectivity index (χ0v) is 11.9. The first-order valence-electron chi connectivity index (χ1n) is 7.90. The SMILES string of the molecule is CCC1CN(C(=O)CC2CC3CCC(C2)N3)CCO1. The zero-order chi connectivity index (χ0) is 13.2. The number of hydrogen-bond donors (Lipinski definition) is 1.